The lowest BCUT2D eigenvalue weighted by atomic mass is 10.0. The Balaban J connectivity index is 2.03. The fourth-order valence-corrected chi connectivity index (χ4v) is 2.45. The van der Waals surface area contributed by atoms with E-state index in [1.165, 1.54) is 0 Å². The van der Waals surface area contributed by atoms with Crippen LogP contribution in [0.25, 0.3) is 0 Å². The summed E-state index contributed by atoms with van der Waals surface area (Å²) in [5.74, 6) is -1.71. The zero-order valence-electron chi connectivity index (χ0n) is 12.7. The predicted octanol–water partition coefficient (Wildman–Crippen LogP) is 0.694. The van der Waals surface area contributed by atoms with E-state index in [-0.39, 0.29) is 12.3 Å². The lowest BCUT2D eigenvalue weighted by Gasteiger charge is -2.18. The van der Waals surface area contributed by atoms with E-state index in [1.54, 1.807) is 0 Å². The number of hydrogen-bond acceptors (Lipinski definition) is 3. The standard InChI is InChI=1S/C16H20N2O4/c1-9-3-4-11(7-10(9)2)8-13(16(21)22)18-15(20)12-5-6-14(19)17-12/h3-4,7,12-13H,5-6,8H2,1-2H3,(H,17,19)(H,18,20)(H,21,22)/t12-,13+/m0/s1. The second-order valence-electron chi connectivity index (χ2n) is 5.68. The predicted molar refractivity (Wildman–Crippen MR) is 80.4 cm³/mol. The second kappa shape index (κ2) is 6.60. The fraction of sp³-hybridized carbons (Fsp3) is 0.438. The maximum absolute atomic E-state index is 12.0. The van der Waals surface area contributed by atoms with Gasteiger partial charge in [-0.15, -0.1) is 0 Å². The summed E-state index contributed by atoms with van der Waals surface area (Å²) in [7, 11) is 0. The van der Waals surface area contributed by atoms with Crippen molar-refractivity contribution >= 4 is 17.8 Å². The van der Waals surface area contributed by atoms with E-state index in [1.807, 2.05) is 32.0 Å². The SMILES string of the molecule is Cc1ccc(C[C@@H](NC(=O)[C@@H]2CCC(=O)N2)C(=O)O)cc1C. The average Bonchev–Trinajstić information content (AvgIpc) is 2.88. The van der Waals surface area contributed by atoms with Gasteiger partial charge in [0.1, 0.15) is 12.1 Å². The van der Waals surface area contributed by atoms with Gasteiger partial charge in [0, 0.05) is 12.8 Å². The molecule has 3 N–H and O–H groups in total. The number of carboxylic acid groups (broad SMARTS) is 1. The number of carbonyl (C=O) groups excluding carboxylic acids is 2. The minimum absolute atomic E-state index is 0.179. The Hall–Kier alpha value is -2.37. The fourth-order valence-electron chi connectivity index (χ4n) is 2.45. The van der Waals surface area contributed by atoms with Crippen molar-refractivity contribution in [2.45, 2.75) is 45.2 Å². The molecule has 2 atom stereocenters. The van der Waals surface area contributed by atoms with E-state index < -0.39 is 24.0 Å². The van der Waals surface area contributed by atoms with Crippen LogP contribution in [0.4, 0.5) is 0 Å². The second-order valence-corrected chi connectivity index (χ2v) is 5.68. The van der Waals surface area contributed by atoms with Crippen molar-refractivity contribution in [3.8, 4) is 0 Å². The van der Waals surface area contributed by atoms with Gasteiger partial charge in [-0.1, -0.05) is 18.2 Å². The number of amides is 2. The molecule has 1 aliphatic rings. The Morgan fingerprint density at radius 2 is 2.09 bits per heavy atom. The summed E-state index contributed by atoms with van der Waals surface area (Å²) in [4.78, 5) is 34.5. The van der Waals surface area contributed by atoms with Crippen molar-refractivity contribution in [1.82, 2.24) is 10.6 Å². The molecular weight excluding hydrogens is 284 g/mol. The van der Waals surface area contributed by atoms with E-state index in [0.717, 1.165) is 16.7 Å². The van der Waals surface area contributed by atoms with Gasteiger partial charge < -0.3 is 15.7 Å². The van der Waals surface area contributed by atoms with Gasteiger partial charge in [-0.2, -0.15) is 0 Å². The highest BCUT2D eigenvalue weighted by molar-refractivity contribution is 5.92. The molecule has 2 amide bonds. The van der Waals surface area contributed by atoms with Gasteiger partial charge in [0.25, 0.3) is 0 Å². The molecule has 1 fully saturated rings. The van der Waals surface area contributed by atoms with E-state index in [4.69, 9.17) is 0 Å². The molecule has 22 heavy (non-hydrogen) atoms. The topological polar surface area (TPSA) is 95.5 Å². The largest absolute Gasteiger partial charge is 0.480 e. The molecule has 0 aromatic heterocycles. The van der Waals surface area contributed by atoms with Gasteiger partial charge in [0.05, 0.1) is 0 Å². The molecule has 0 bridgehead atoms. The Kier molecular flexibility index (Phi) is 4.80. The van der Waals surface area contributed by atoms with Gasteiger partial charge in [0.15, 0.2) is 0 Å². The third kappa shape index (κ3) is 3.84. The number of aryl methyl sites for hydroxylation is 2. The molecule has 0 radical (unpaired) electrons. The van der Waals surface area contributed by atoms with Crippen LogP contribution in [0.5, 0.6) is 0 Å². The summed E-state index contributed by atoms with van der Waals surface area (Å²) >= 11 is 0. The lowest BCUT2D eigenvalue weighted by Crippen LogP contribution is -2.49. The van der Waals surface area contributed by atoms with Crippen LogP contribution in [-0.2, 0) is 20.8 Å². The summed E-state index contributed by atoms with van der Waals surface area (Å²) in [6.45, 7) is 3.94. The van der Waals surface area contributed by atoms with Gasteiger partial charge >= 0.3 is 5.97 Å². The Morgan fingerprint density at radius 1 is 1.36 bits per heavy atom. The van der Waals surface area contributed by atoms with Gasteiger partial charge in [-0.25, -0.2) is 4.79 Å². The monoisotopic (exact) mass is 304 g/mol. The lowest BCUT2D eigenvalue weighted by molar-refractivity contribution is -0.142. The van der Waals surface area contributed by atoms with E-state index in [2.05, 4.69) is 10.6 Å². The first-order valence-electron chi connectivity index (χ1n) is 7.25. The van der Waals surface area contributed by atoms with Crippen LogP contribution in [0.15, 0.2) is 18.2 Å². The average molecular weight is 304 g/mol. The maximum atomic E-state index is 12.0. The molecule has 1 aromatic carbocycles. The van der Waals surface area contributed by atoms with E-state index >= 15 is 0 Å². The van der Waals surface area contributed by atoms with Crippen LogP contribution in [0, 0.1) is 13.8 Å². The number of carbonyl (C=O) groups is 3. The van der Waals surface area contributed by atoms with Crippen molar-refractivity contribution in [2.75, 3.05) is 0 Å². The van der Waals surface area contributed by atoms with Gasteiger partial charge in [-0.3, -0.25) is 9.59 Å². The van der Waals surface area contributed by atoms with Crippen molar-refractivity contribution in [3.05, 3.63) is 34.9 Å². The number of nitrogens with one attached hydrogen (secondary N) is 2. The Bertz CT molecular complexity index is 612. The molecule has 1 aromatic rings. The summed E-state index contributed by atoms with van der Waals surface area (Å²) in [5.41, 5.74) is 3.07. The van der Waals surface area contributed by atoms with Crippen LogP contribution in [-0.4, -0.2) is 35.0 Å². The van der Waals surface area contributed by atoms with Crippen LogP contribution >= 0.6 is 0 Å². The number of carboxylic acids is 1. The molecule has 2 rings (SSSR count). The number of benzene rings is 1. The zero-order chi connectivity index (χ0) is 16.3. The third-order valence-corrected chi connectivity index (χ3v) is 3.94. The highest BCUT2D eigenvalue weighted by Crippen LogP contribution is 2.12. The maximum Gasteiger partial charge on any atom is 0.326 e. The third-order valence-electron chi connectivity index (χ3n) is 3.94. The molecule has 118 valence electrons. The van der Waals surface area contributed by atoms with Crippen LogP contribution in [0.1, 0.15) is 29.5 Å². The van der Waals surface area contributed by atoms with Gasteiger partial charge in [0.2, 0.25) is 11.8 Å². The first-order valence-corrected chi connectivity index (χ1v) is 7.25. The molecule has 6 nitrogen and oxygen atoms in total. The van der Waals surface area contributed by atoms with E-state index in [0.29, 0.717) is 12.8 Å². The van der Waals surface area contributed by atoms with Crippen molar-refractivity contribution in [2.24, 2.45) is 0 Å². The number of aliphatic carboxylic acids is 1. The van der Waals surface area contributed by atoms with Crippen molar-refractivity contribution in [3.63, 3.8) is 0 Å². The molecule has 0 aliphatic carbocycles. The minimum atomic E-state index is -1.09. The van der Waals surface area contributed by atoms with Crippen molar-refractivity contribution in [1.29, 1.82) is 0 Å². The Morgan fingerprint density at radius 3 is 2.64 bits per heavy atom. The molecule has 0 saturated carbocycles. The van der Waals surface area contributed by atoms with Crippen LogP contribution in [0.3, 0.4) is 0 Å². The molecule has 0 spiro atoms. The summed E-state index contributed by atoms with van der Waals surface area (Å²) in [6.07, 6.45) is 0.913. The number of rotatable bonds is 5. The number of hydrogen-bond donors (Lipinski definition) is 3. The minimum Gasteiger partial charge on any atom is -0.480 e. The normalized spacial score (nSPS) is 18.6. The molecule has 1 aliphatic heterocycles. The molecule has 0 unspecified atom stereocenters. The molecule has 1 heterocycles. The first kappa shape index (κ1) is 16.0. The summed E-state index contributed by atoms with van der Waals surface area (Å²) in [5, 5.41) is 14.3. The summed E-state index contributed by atoms with van der Waals surface area (Å²) in [6, 6.07) is 4.08. The zero-order valence-corrected chi connectivity index (χ0v) is 12.7. The highest BCUT2D eigenvalue weighted by Gasteiger charge is 2.30. The smallest absolute Gasteiger partial charge is 0.326 e. The molecule has 1 saturated heterocycles. The van der Waals surface area contributed by atoms with Crippen LogP contribution in [0.2, 0.25) is 0 Å². The Labute approximate surface area is 128 Å². The van der Waals surface area contributed by atoms with E-state index in [9.17, 15) is 19.5 Å². The quantitative estimate of drug-likeness (QED) is 0.746. The van der Waals surface area contributed by atoms with Gasteiger partial charge in [-0.05, 0) is 37.0 Å². The molecular formula is C16H20N2O4. The highest BCUT2D eigenvalue weighted by atomic mass is 16.4. The summed E-state index contributed by atoms with van der Waals surface area (Å²) < 4.78 is 0. The molecule has 6 heteroatoms. The van der Waals surface area contributed by atoms with Crippen molar-refractivity contribution < 1.29 is 19.5 Å². The van der Waals surface area contributed by atoms with Crippen LogP contribution < -0.4 is 10.6 Å². The first-order chi connectivity index (χ1) is 10.4.